The van der Waals surface area contributed by atoms with Gasteiger partial charge in [0.25, 0.3) is 5.91 Å². The second-order valence-corrected chi connectivity index (χ2v) is 6.62. The maximum Gasteiger partial charge on any atom is 0.251 e. The lowest BCUT2D eigenvalue weighted by molar-refractivity contribution is 0.0896. The van der Waals surface area contributed by atoms with Crippen molar-refractivity contribution in [2.45, 2.75) is 19.9 Å². The lowest BCUT2D eigenvalue weighted by Gasteiger charge is -2.19. The topological polar surface area (TPSA) is 90.9 Å². The Bertz CT molecular complexity index is 967. The summed E-state index contributed by atoms with van der Waals surface area (Å²) in [6, 6.07) is 6.06. The van der Waals surface area contributed by atoms with Crippen molar-refractivity contribution in [2.24, 2.45) is 5.92 Å². The second-order valence-electron chi connectivity index (χ2n) is 6.62. The van der Waals surface area contributed by atoms with Crippen molar-refractivity contribution in [1.29, 1.82) is 0 Å². The smallest absolute Gasteiger partial charge is 0.251 e. The molecule has 0 unspecified atom stereocenters. The quantitative estimate of drug-likeness (QED) is 0.624. The fourth-order valence-electron chi connectivity index (χ4n) is 2.68. The molecule has 0 saturated heterocycles. The second kappa shape index (κ2) is 8.09. The number of amides is 1. The number of carbonyl (C=O) groups is 1. The van der Waals surface area contributed by atoms with E-state index in [-0.39, 0.29) is 23.6 Å². The fourth-order valence-corrected chi connectivity index (χ4v) is 2.68. The molecule has 140 valence electrons. The first kappa shape index (κ1) is 18.7. The molecule has 1 aromatic carbocycles. The molecule has 1 atom stereocenters. The average molecular weight is 368 g/mol. The molecule has 1 amide bonds. The highest BCUT2D eigenvalue weighted by atomic mass is 19.1. The molecule has 0 spiro atoms. The molecule has 0 aliphatic carbocycles. The maximum absolute atomic E-state index is 14.4. The Morgan fingerprint density at radius 2 is 2.19 bits per heavy atom. The van der Waals surface area contributed by atoms with Crippen LogP contribution in [0.1, 0.15) is 35.5 Å². The number of pyridine rings is 1. The zero-order chi connectivity index (χ0) is 19.4. The molecular formula is C20H21FN4O2. The Labute approximate surface area is 156 Å². The Morgan fingerprint density at radius 1 is 1.37 bits per heavy atom. The summed E-state index contributed by atoms with van der Waals surface area (Å²) < 4.78 is 14.4. The number of rotatable bonds is 6. The predicted octanol–water partition coefficient (Wildman–Crippen LogP) is 3.01. The minimum atomic E-state index is -0.583. The van der Waals surface area contributed by atoms with Crippen molar-refractivity contribution >= 4 is 29.0 Å². The van der Waals surface area contributed by atoms with Gasteiger partial charge in [0.15, 0.2) is 5.82 Å². The van der Waals surface area contributed by atoms with Gasteiger partial charge >= 0.3 is 0 Å². The first-order valence-corrected chi connectivity index (χ1v) is 8.67. The normalized spacial score (nSPS) is 12.8. The molecule has 2 aromatic heterocycles. The minimum absolute atomic E-state index is 0.0550. The Balaban J connectivity index is 1.93. The zero-order valence-electron chi connectivity index (χ0n) is 15.1. The van der Waals surface area contributed by atoms with Crippen LogP contribution in [0.25, 0.3) is 23.1 Å². The molecular weight excluding hydrogens is 347 g/mol. The van der Waals surface area contributed by atoms with Crippen LogP contribution < -0.4 is 5.32 Å². The highest BCUT2D eigenvalue weighted by molar-refractivity contribution is 6.00. The van der Waals surface area contributed by atoms with Gasteiger partial charge in [0, 0.05) is 23.3 Å². The molecule has 0 saturated carbocycles. The van der Waals surface area contributed by atoms with Crippen molar-refractivity contribution in [3.05, 3.63) is 59.3 Å². The number of aliphatic hydroxyl groups is 1. The number of aromatic amines is 1. The summed E-state index contributed by atoms with van der Waals surface area (Å²) in [5.74, 6) is -0.966. The Kier molecular flexibility index (Phi) is 5.61. The molecule has 0 aliphatic rings. The van der Waals surface area contributed by atoms with Gasteiger partial charge in [0.1, 0.15) is 5.52 Å². The van der Waals surface area contributed by atoms with E-state index in [9.17, 15) is 14.3 Å². The largest absolute Gasteiger partial charge is 0.394 e. The van der Waals surface area contributed by atoms with Gasteiger partial charge in [-0.05, 0) is 35.8 Å². The molecule has 3 N–H and O–H groups in total. The van der Waals surface area contributed by atoms with Crippen molar-refractivity contribution < 1.29 is 14.3 Å². The van der Waals surface area contributed by atoms with Gasteiger partial charge in [0.05, 0.1) is 18.3 Å². The summed E-state index contributed by atoms with van der Waals surface area (Å²) in [5.41, 5.74) is 1.82. The number of benzene rings is 1. The zero-order valence-corrected chi connectivity index (χ0v) is 15.1. The van der Waals surface area contributed by atoms with E-state index < -0.39 is 17.8 Å². The van der Waals surface area contributed by atoms with Gasteiger partial charge in [0.2, 0.25) is 0 Å². The number of carbonyl (C=O) groups excluding carboxylic acids is 1. The number of aliphatic hydroxyl groups excluding tert-OH is 1. The van der Waals surface area contributed by atoms with Crippen LogP contribution >= 0.6 is 0 Å². The van der Waals surface area contributed by atoms with Gasteiger partial charge in [-0.3, -0.25) is 14.9 Å². The third-order valence-corrected chi connectivity index (χ3v) is 4.35. The van der Waals surface area contributed by atoms with Gasteiger partial charge in [-0.25, -0.2) is 4.39 Å². The summed E-state index contributed by atoms with van der Waals surface area (Å²) in [7, 11) is 0. The molecule has 3 rings (SSSR count). The molecule has 6 nitrogen and oxygen atoms in total. The number of H-pyrrole nitrogens is 1. The summed E-state index contributed by atoms with van der Waals surface area (Å²) in [6.45, 7) is 3.60. The number of nitrogens with zero attached hydrogens (tertiary/aromatic N) is 2. The van der Waals surface area contributed by atoms with Gasteiger partial charge in [-0.1, -0.05) is 26.0 Å². The lowest BCUT2D eigenvalue weighted by Crippen LogP contribution is -2.41. The third-order valence-electron chi connectivity index (χ3n) is 4.35. The van der Waals surface area contributed by atoms with Crippen LogP contribution in [0.3, 0.4) is 0 Å². The number of aromatic nitrogens is 3. The molecule has 0 bridgehead atoms. The number of hydrogen-bond donors (Lipinski definition) is 3. The van der Waals surface area contributed by atoms with Crippen molar-refractivity contribution in [3.8, 4) is 0 Å². The summed E-state index contributed by atoms with van der Waals surface area (Å²) in [5, 5.41) is 19.4. The molecule has 3 aromatic rings. The van der Waals surface area contributed by atoms with E-state index in [0.717, 1.165) is 11.6 Å². The Hall–Kier alpha value is -3.06. The van der Waals surface area contributed by atoms with Crippen LogP contribution in [0, 0.1) is 11.7 Å². The molecule has 7 heteroatoms. The lowest BCUT2D eigenvalue weighted by atomic mass is 10.0. The SMILES string of the molecule is CC(C)[C@@H](CO)NC(=O)c1cc(F)c2n[nH]c(C=Cc3cccnc3)c2c1. The number of nitrogens with one attached hydrogen (secondary N) is 2. The third kappa shape index (κ3) is 4.20. The summed E-state index contributed by atoms with van der Waals surface area (Å²) >= 11 is 0. The summed E-state index contributed by atoms with van der Waals surface area (Å²) in [6.07, 6.45) is 6.97. The van der Waals surface area contributed by atoms with Gasteiger partial charge < -0.3 is 10.4 Å². The maximum atomic E-state index is 14.4. The van der Waals surface area contributed by atoms with Crippen LogP contribution in [-0.2, 0) is 0 Å². The number of halogens is 1. The molecule has 27 heavy (non-hydrogen) atoms. The van der Waals surface area contributed by atoms with Gasteiger partial charge in [-0.15, -0.1) is 0 Å². The minimum Gasteiger partial charge on any atom is -0.394 e. The summed E-state index contributed by atoms with van der Waals surface area (Å²) in [4.78, 5) is 16.5. The van der Waals surface area contributed by atoms with Crippen LogP contribution in [0.5, 0.6) is 0 Å². The molecule has 0 aliphatic heterocycles. The fraction of sp³-hybridized carbons (Fsp3) is 0.250. The van der Waals surface area contributed by atoms with Crippen molar-refractivity contribution in [2.75, 3.05) is 6.61 Å². The van der Waals surface area contributed by atoms with Gasteiger partial charge in [-0.2, -0.15) is 5.10 Å². The first-order valence-electron chi connectivity index (χ1n) is 8.67. The van der Waals surface area contributed by atoms with E-state index in [0.29, 0.717) is 11.1 Å². The van der Waals surface area contributed by atoms with E-state index in [1.165, 1.54) is 0 Å². The van der Waals surface area contributed by atoms with Crippen molar-refractivity contribution in [3.63, 3.8) is 0 Å². The van der Waals surface area contributed by atoms with E-state index >= 15 is 0 Å². The monoisotopic (exact) mass is 368 g/mol. The average Bonchev–Trinajstić information content (AvgIpc) is 3.08. The first-order chi connectivity index (χ1) is 13.0. The van der Waals surface area contributed by atoms with Crippen LogP contribution in [-0.4, -0.2) is 38.8 Å². The standard InChI is InChI=1S/C20H21FN4O2/c1-12(2)18(11-26)23-20(27)14-8-15-17(24-25-19(15)16(21)9-14)6-5-13-4-3-7-22-10-13/h3-10,12,18,26H,11H2,1-2H3,(H,23,27)(H,24,25)/t18-/m1/s1. The Morgan fingerprint density at radius 3 is 2.85 bits per heavy atom. The van der Waals surface area contributed by atoms with Crippen LogP contribution in [0.4, 0.5) is 4.39 Å². The van der Waals surface area contributed by atoms with Crippen LogP contribution in [0.15, 0.2) is 36.7 Å². The van der Waals surface area contributed by atoms with Crippen LogP contribution in [0.2, 0.25) is 0 Å². The van der Waals surface area contributed by atoms with E-state index in [2.05, 4.69) is 20.5 Å². The number of fused-ring (bicyclic) bond motifs is 1. The highest BCUT2D eigenvalue weighted by Gasteiger charge is 2.19. The van der Waals surface area contributed by atoms with E-state index in [1.54, 1.807) is 24.5 Å². The predicted molar refractivity (Wildman–Crippen MR) is 102 cm³/mol. The van der Waals surface area contributed by atoms with Crippen molar-refractivity contribution in [1.82, 2.24) is 20.5 Å². The molecule has 0 fully saturated rings. The van der Waals surface area contributed by atoms with E-state index in [4.69, 9.17) is 0 Å². The molecule has 2 heterocycles. The number of hydrogen-bond acceptors (Lipinski definition) is 4. The highest BCUT2D eigenvalue weighted by Crippen LogP contribution is 2.23. The van der Waals surface area contributed by atoms with E-state index in [1.807, 2.05) is 32.1 Å². The molecule has 0 radical (unpaired) electrons.